The van der Waals surface area contributed by atoms with Gasteiger partial charge in [-0.25, -0.2) is 4.79 Å². The zero-order valence-corrected chi connectivity index (χ0v) is 15.5. The fourth-order valence-electron chi connectivity index (χ4n) is 2.66. The van der Waals surface area contributed by atoms with Crippen LogP contribution in [0.2, 0.25) is 0 Å². The van der Waals surface area contributed by atoms with Gasteiger partial charge in [-0.3, -0.25) is 9.59 Å². The molecule has 2 aromatic rings. The Morgan fingerprint density at radius 1 is 1.04 bits per heavy atom. The highest BCUT2D eigenvalue weighted by atomic mass is 16.6. The molecule has 1 aliphatic rings. The van der Waals surface area contributed by atoms with E-state index in [0.717, 1.165) is 0 Å². The molecule has 0 bridgehead atoms. The molecule has 0 unspecified atom stereocenters. The first-order chi connectivity index (χ1) is 13.5. The summed E-state index contributed by atoms with van der Waals surface area (Å²) in [6, 6.07) is 17.6. The molecule has 7 nitrogen and oxygen atoms in total. The van der Waals surface area contributed by atoms with Crippen LogP contribution in [0.5, 0.6) is 0 Å². The molecule has 1 atom stereocenters. The van der Waals surface area contributed by atoms with E-state index in [9.17, 15) is 14.4 Å². The predicted octanol–water partition coefficient (Wildman–Crippen LogP) is 2.28. The van der Waals surface area contributed by atoms with Crippen molar-refractivity contribution < 1.29 is 23.9 Å². The van der Waals surface area contributed by atoms with Crippen LogP contribution in [0.4, 0.5) is 5.69 Å². The second-order valence-corrected chi connectivity index (χ2v) is 6.34. The summed E-state index contributed by atoms with van der Waals surface area (Å²) in [5, 5.41) is 2.91. The molecule has 1 heterocycles. The number of esters is 1. The van der Waals surface area contributed by atoms with Gasteiger partial charge in [0.05, 0.1) is 0 Å². The minimum Gasteiger partial charge on any atom is -0.470 e. The number of hydrogen-bond donors (Lipinski definition) is 1. The fourth-order valence-corrected chi connectivity index (χ4v) is 2.66. The van der Waals surface area contributed by atoms with Gasteiger partial charge in [0.1, 0.15) is 0 Å². The molecule has 3 rings (SSSR count). The number of rotatable bonds is 6. The van der Waals surface area contributed by atoms with Gasteiger partial charge in [-0.1, -0.05) is 48.5 Å². The number of likely N-dealkylation sites (N-methyl/N-ethyl adjacent to an activating group) is 1. The van der Waals surface area contributed by atoms with Gasteiger partial charge in [-0.15, -0.1) is 0 Å². The molecule has 0 aromatic heterocycles. The number of ketones is 1. The number of hydrogen-bond acceptors (Lipinski definition) is 6. The number of nitrogens with one attached hydrogen (secondary N) is 1. The van der Waals surface area contributed by atoms with Crippen LogP contribution in [0, 0.1) is 0 Å². The van der Waals surface area contributed by atoms with Crippen LogP contribution < -0.4 is 5.32 Å². The van der Waals surface area contributed by atoms with Crippen LogP contribution >= 0.6 is 0 Å². The molecule has 7 heteroatoms. The van der Waals surface area contributed by atoms with E-state index < -0.39 is 23.8 Å². The average molecular weight is 380 g/mol. The lowest BCUT2D eigenvalue weighted by molar-refractivity contribution is -0.157. The van der Waals surface area contributed by atoms with Crippen molar-refractivity contribution in [1.82, 2.24) is 4.90 Å². The van der Waals surface area contributed by atoms with Crippen molar-refractivity contribution in [2.24, 2.45) is 0 Å². The van der Waals surface area contributed by atoms with Crippen molar-refractivity contribution in [3.8, 4) is 0 Å². The number of Topliss-reactive ketones (excluding diaryl/α,β-unsaturated/α-hetero) is 1. The third-order valence-electron chi connectivity index (χ3n) is 4.08. The Bertz CT molecular complexity index is 907. The number of anilines is 1. The van der Waals surface area contributed by atoms with Crippen LogP contribution in [0.25, 0.3) is 0 Å². The number of amides is 1. The van der Waals surface area contributed by atoms with E-state index in [1.54, 1.807) is 68.7 Å². The summed E-state index contributed by atoms with van der Waals surface area (Å²) in [5.74, 6) is -1.81. The van der Waals surface area contributed by atoms with E-state index in [1.165, 1.54) is 4.90 Å². The Morgan fingerprint density at radius 3 is 2.25 bits per heavy atom. The number of carbonyl (C=O) groups is 3. The summed E-state index contributed by atoms with van der Waals surface area (Å²) in [6.45, 7) is -0.267. The van der Waals surface area contributed by atoms with E-state index >= 15 is 0 Å². The molecule has 0 spiro atoms. The monoisotopic (exact) mass is 380 g/mol. The fraction of sp³-hybridized carbons (Fsp3) is 0.190. The van der Waals surface area contributed by atoms with E-state index in [1.807, 2.05) is 6.07 Å². The summed E-state index contributed by atoms with van der Waals surface area (Å²) in [7, 11) is 3.13. The zero-order valence-electron chi connectivity index (χ0n) is 15.5. The van der Waals surface area contributed by atoms with Crippen LogP contribution in [-0.4, -0.2) is 43.3 Å². The molecule has 0 saturated carbocycles. The first-order valence-corrected chi connectivity index (χ1v) is 8.67. The normalized spacial score (nSPS) is 14.3. The van der Waals surface area contributed by atoms with Crippen molar-refractivity contribution in [3.63, 3.8) is 0 Å². The van der Waals surface area contributed by atoms with Crippen molar-refractivity contribution in [3.05, 3.63) is 77.7 Å². The van der Waals surface area contributed by atoms with Gasteiger partial charge in [0.25, 0.3) is 5.91 Å². The Hall–Kier alpha value is -3.61. The second-order valence-electron chi connectivity index (χ2n) is 6.34. The van der Waals surface area contributed by atoms with Crippen molar-refractivity contribution >= 4 is 23.3 Å². The number of nitrogens with zero attached hydrogens (tertiary/aromatic N) is 1. The molecule has 144 valence electrons. The molecule has 28 heavy (non-hydrogen) atoms. The summed E-state index contributed by atoms with van der Waals surface area (Å²) in [5.41, 5.74) is 0.928. The quantitative estimate of drug-likeness (QED) is 0.611. The van der Waals surface area contributed by atoms with Crippen molar-refractivity contribution in [1.29, 1.82) is 0 Å². The Kier molecular flexibility index (Phi) is 5.74. The maximum Gasteiger partial charge on any atom is 0.348 e. The van der Waals surface area contributed by atoms with E-state index in [2.05, 4.69) is 5.32 Å². The highest BCUT2D eigenvalue weighted by Gasteiger charge is 2.36. The molecule has 0 fully saturated rings. The zero-order chi connectivity index (χ0) is 20.1. The molecule has 1 N–H and O–H groups in total. The van der Waals surface area contributed by atoms with Gasteiger partial charge in [0.2, 0.25) is 17.8 Å². The number of carbonyl (C=O) groups excluding carboxylic acids is 3. The highest BCUT2D eigenvalue weighted by Crippen LogP contribution is 2.25. The van der Waals surface area contributed by atoms with Gasteiger partial charge < -0.3 is 19.7 Å². The van der Waals surface area contributed by atoms with Gasteiger partial charge in [-0.05, 0) is 12.1 Å². The summed E-state index contributed by atoms with van der Waals surface area (Å²) >= 11 is 0. The number of benzene rings is 2. The van der Waals surface area contributed by atoms with Crippen LogP contribution in [0.15, 0.2) is 72.1 Å². The predicted molar refractivity (Wildman–Crippen MR) is 102 cm³/mol. The molecule has 2 aromatic carbocycles. The van der Waals surface area contributed by atoms with Crippen molar-refractivity contribution in [2.75, 3.05) is 26.0 Å². The van der Waals surface area contributed by atoms with E-state index in [-0.39, 0.29) is 18.1 Å². The maximum absolute atomic E-state index is 12.8. The van der Waals surface area contributed by atoms with Gasteiger partial charge >= 0.3 is 5.97 Å². The Balaban J connectivity index is 1.88. The van der Waals surface area contributed by atoms with Crippen molar-refractivity contribution in [2.45, 2.75) is 6.10 Å². The van der Waals surface area contributed by atoms with Crippen LogP contribution in [-0.2, 0) is 23.9 Å². The molecule has 0 radical (unpaired) electrons. The minimum atomic E-state index is -1.16. The molecule has 1 aliphatic heterocycles. The lowest BCUT2D eigenvalue weighted by Crippen LogP contribution is -2.32. The first-order valence-electron chi connectivity index (χ1n) is 8.67. The largest absolute Gasteiger partial charge is 0.470 e. The molecule has 0 aliphatic carbocycles. The lowest BCUT2D eigenvalue weighted by Gasteiger charge is -2.21. The molecular formula is C21H20N2O5. The average Bonchev–Trinajstić information content (AvgIpc) is 3.07. The third kappa shape index (κ3) is 4.20. The highest BCUT2D eigenvalue weighted by molar-refractivity contribution is 6.20. The third-order valence-corrected chi connectivity index (χ3v) is 4.08. The second kappa shape index (κ2) is 8.39. The SMILES string of the molecule is CN(C)C(=O)[C@H](OC(=O)C1=C(Nc2ccccc2)OCC1=O)c1ccccc1. The maximum atomic E-state index is 12.8. The van der Waals surface area contributed by atoms with Gasteiger partial charge in [-0.2, -0.15) is 0 Å². The van der Waals surface area contributed by atoms with Crippen LogP contribution in [0.1, 0.15) is 11.7 Å². The lowest BCUT2D eigenvalue weighted by atomic mass is 10.1. The molecular weight excluding hydrogens is 360 g/mol. The molecule has 0 saturated heterocycles. The van der Waals surface area contributed by atoms with E-state index in [4.69, 9.17) is 9.47 Å². The summed E-state index contributed by atoms with van der Waals surface area (Å²) in [4.78, 5) is 38.9. The van der Waals surface area contributed by atoms with E-state index in [0.29, 0.717) is 11.3 Å². The Morgan fingerprint density at radius 2 is 1.64 bits per heavy atom. The first kappa shape index (κ1) is 19.2. The standard InChI is InChI=1S/C21H20N2O5/c1-23(2)20(25)18(14-9-5-3-6-10-14)28-21(26)17-16(24)13-27-19(17)22-15-11-7-4-8-12-15/h3-12,18,22H,13H2,1-2H3/t18-/m1/s1. The minimum absolute atomic E-state index is 0.0188. The van der Waals surface area contributed by atoms with Gasteiger partial charge in [0, 0.05) is 25.3 Å². The molecule has 1 amide bonds. The number of para-hydroxylation sites is 1. The smallest absolute Gasteiger partial charge is 0.348 e. The summed E-state index contributed by atoms with van der Waals surface area (Å²) in [6.07, 6.45) is -1.16. The van der Waals surface area contributed by atoms with Crippen LogP contribution in [0.3, 0.4) is 0 Å². The number of ether oxygens (including phenoxy) is 2. The Labute approximate surface area is 162 Å². The van der Waals surface area contributed by atoms with Gasteiger partial charge in [0.15, 0.2) is 12.2 Å². The summed E-state index contributed by atoms with van der Waals surface area (Å²) < 4.78 is 10.8. The topological polar surface area (TPSA) is 84.9 Å².